The first kappa shape index (κ1) is 14.4. The molecule has 1 aromatic heterocycles. The minimum atomic E-state index is -4.32. The van der Waals surface area contributed by atoms with Gasteiger partial charge in [-0.2, -0.15) is 18.3 Å². The molecular formula is C14H16F3N3. The molecule has 0 fully saturated rings. The van der Waals surface area contributed by atoms with E-state index in [1.54, 1.807) is 17.8 Å². The average molecular weight is 283 g/mol. The molecule has 1 heterocycles. The number of anilines is 1. The summed E-state index contributed by atoms with van der Waals surface area (Å²) in [4.78, 5) is 0. The molecule has 0 bridgehead atoms. The minimum absolute atomic E-state index is 0.440. The van der Waals surface area contributed by atoms with Crippen LogP contribution in [0.15, 0.2) is 30.5 Å². The van der Waals surface area contributed by atoms with Crippen LogP contribution in [0.5, 0.6) is 0 Å². The number of rotatable bonds is 4. The van der Waals surface area contributed by atoms with Gasteiger partial charge in [-0.15, -0.1) is 0 Å². The van der Waals surface area contributed by atoms with E-state index in [2.05, 4.69) is 10.4 Å². The summed E-state index contributed by atoms with van der Waals surface area (Å²) in [7, 11) is 0. The molecule has 1 N–H and O–H groups in total. The van der Waals surface area contributed by atoms with Crippen LogP contribution < -0.4 is 5.32 Å². The number of nitrogens with zero attached hydrogens (tertiary/aromatic N) is 2. The normalized spacial score (nSPS) is 11.7. The third kappa shape index (κ3) is 3.12. The number of aryl methyl sites for hydroxylation is 2. The maximum Gasteiger partial charge on any atom is 0.416 e. The standard InChI is InChI=1S/C14H16F3N3/c1-3-20-12(6-7-19-20)9-18-13-8-11(14(15,16)17)5-4-10(13)2/h4-8,18H,3,9H2,1-2H3. The van der Waals surface area contributed by atoms with Crippen LogP contribution in [0.3, 0.4) is 0 Å². The fourth-order valence-corrected chi connectivity index (χ4v) is 1.97. The highest BCUT2D eigenvalue weighted by Gasteiger charge is 2.30. The Morgan fingerprint density at radius 3 is 2.65 bits per heavy atom. The van der Waals surface area contributed by atoms with Crippen LogP contribution in [0.25, 0.3) is 0 Å². The summed E-state index contributed by atoms with van der Waals surface area (Å²) in [5.41, 5.74) is 1.56. The van der Waals surface area contributed by atoms with Crippen LogP contribution in [-0.4, -0.2) is 9.78 Å². The van der Waals surface area contributed by atoms with Gasteiger partial charge in [0.2, 0.25) is 0 Å². The maximum atomic E-state index is 12.7. The van der Waals surface area contributed by atoms with Crippen molar-refractivity contribution in [3.63, 3.8) is 0 Å². The van der Waals surface area contributed by atoms with E-state index in [1.165, 1.54) is 6.07 Å². The summed E-state index contributed by atoms with van der Waals surface area (Å²) in [5.74, 6) is 0. The second-order valence-electron chi connectivity index (χ2n) is 4.52. The zero-order chi connectivity index (χ0) is 14.8. The quantitative estimate of drug-likeness (QED) is 0.923. The average Bonchev–Trinajstić information content (AvgIpc) is 2.83. The third-order valence-electron chi connectivity index (χ3n) is 3.13. The molecule has 0 aliphatic carbocycles. The highest BCUT2D eigenvalue weighted by atomic mass is 19.4. The Kier molecular flexibility index (Phi) is 4.01. The van der Waals surface area contributed by atoms with E-state index in [9.17, 15) is 13.2 Å². The van der Waals surface area contributed by atoms with Crippen molar-refractivity contribution in [2.75, 3.05) is 5.32 Å². The molecule has 0 saturated carbocycles. The van der Waals surface area contributed by atoms with Crippen LogP contribution in [0.1, 0.15) is 23.7 Å². The van der Waals surface area contributed by atoms with Gasteiger partial charge in [0, 0.05) is 18.4 Å². The van der Waals surface area contributed by atoms with Crippen molar-refractivity contribution < 1.29 is 13.2 Å². The van der Waals surface area contributed by atoms with Gasteiger partial charge in [0.25, 0.3) is 0 Å². The Hall–Kier alpha value is -1.98. The summed E-state index contributed by atoms with van der Waals surface area (Å²) in [6.07, 6.45) is -2.64. The van der Waals surface area contributed by atoms with E-state index in [0.29, 0.717) is 12.2 Å². The van der Waals surface area contributed by atoms with Crippen LogP contribution in [0, 0.1) is 6.92 Å². The van der Waals surface area contributed by atoms with Crippen molar-refractivity contribution in [2.45, 2.75) is 33.1 Å². The van der Waals surface area contributed by atoms with Crippen LogP contribution in [-0.2, 0) is 19.3 Å². The van der Waals surface area contributed by atoms with Gasteiger partial charge in [-0.3, -0.25) is 4.68 Å². The van der Waals surface area contributed by atoms with Gasteiger partial charge in [-0.25, -0.2) is 0 Å². The van der Waals surface area contributed by atoms with Crippen molar-refractivity contribution >= 4 is 5.69 Å². The van der Waals surface area contributed by atoms with Crippen LogP contribution >= 0.6 is 0 Å². The summed E-state index contributed by atoms with van der Waals surface area (Å²) in [6, 6.07) is 5.56. The largest absolute Gasteiger partial charge is 0.416 e. The summed E-state index contributed by atoms with van der Waals surface area (Å²) in [6.45, 7) is 4.91. The second kappa shape index (κ2) is 5.56. The lowest BCUT2D eigenvalue weighted by Crippen LogP contribution is -2.10. The summed E-state index contributed by atoms with van der Waals surface area (Å²) in [5, 5.41) is 7.16. The van der Waals surface area contributed by atoms with Crippen LogP contribution in [0.4, 0.5) is 18.9 Å². The first-order valence-corrected chi connectivity index (χ1v) is 6.34. The fourth-order valence-electron chi connectivity index (χ4n) is 1.97. The van der Waals surface area contributed by atoms with E-state index in [1.807, 2.05) is 13.0 Å². The molecule has 0 aliphatic rings. The minimum Gasteiger partial charge on any atom is -0.379 e. The van der Waals surface area contributed by atoms with Crippen molar-refractivity contribution in [3.05, 3.63) is 47.3 Å². The molecule has 20 heavy (non-hydrogen) atoms. The van der Waals surface area contributed by atoms with Gasteiger partial charge in [0.15, 0.2) is 0 Å². The lowest BCUT2D eigenvalue weighted by atomic mass is 10.1. The predicted octanol–water partition coefficient (Wildman–Crippen LogP) is 3.84. The predicted molar refractivity (Wildman–Crippen MR) is 71.4 cm³/mol. The number of hydrogen-bond donors (Lipinski definition) is 1. The molecule has 0 saturated heterocycles. The van der Waals surface area contributed by atoms with Crippen molar-refractivity contribution in [2.24, 2.45) is 0 Å². The number of hydrogen-bond acceptors (Lipinski definition) is 2. The van der Waals surface area contributed by atoms with E-state index < -0.39 is 11.7 Å². The SMILES string of the molecule is CCn1nccc1CNc1cc(C(F)(F)F)ccc1C. The van der Waals surface area contributed by atoms with Gasteiger partial charge in [-0.1, -0.05) is 6.07 Å². The van der Waals surface area contributed by atoms with Crippen molar-refractivity contribution in [3.8, 4) is 0 Å². The molecule has 2 aromatic rings. The Bertz CT molecular complexity index is 588. The lowest BCUT2D eigenvalue weighted by Gasteiger charge is -2.13. The monoisotopic (exact) mass is 283 g/mol. The second-order valence-corrected chi connectivity index (χ2v) is 4.52. The van der Waals surface area contributed by atoms with Gasteiger partial charge in [0.05, 0.1) is 17.8 Å². The summed E-state index contributed by atoms with van der Waals surface area (Å²) >= 11 is 0. The van der Waals surface area contributed by atoms with Crippen LogP contribution in [0.2, 0.25) is 0 Å². The lowest BCUT2D eigenvalue weighted by molar-refractivity contribution is -0.137. The fraction of sp³-hybridized carbons (Fsp3) is 0.357. The molecule has 0 amide bonds. The molecule has 6 heteroatoms. The number of nitrogens with one attached hydrogen (secondary N) is 1. The molecule has 0 spiro atoms. The Morgan fingerprint density at radius 1 is 1.25 bits per heavy atom. The first-order chi connectivity index (χ1) is 9.41. The molecule has 0 aliphatic heterocycles. The van der Waals surface area contributed by atoms with Gasteiger partial charge in [-0.05, 0) is 37.6 Å². The van der Waals surface area contributed by atoms with E-state index in [-0.39, 0.29) is 0 Å². The molecule has 2 rings (SSSR count). The highest BCUT2D eigenvalue weighted by Crippen LogP contribution is 2.32. The molecule has 3 nitrogen and oxygen atoms in total. The highest BCUT2D eigenvalue weighted by molar-refractivity contribution is 5.53. The smallest absolute Gasteiger partial charge is 0.379 e. The summed E-state index contributed by atoms with van der Waals surface area (Å²) < 4.78 is 39.9. The number of alkyl halides is 3. The van der Waals surface area contributed by atoms with Crippen molar-refractivity contribution in [1.82, 2.24) is 9.78 Å². The Labute approximate surface area is 115 Å². The molecule has 108 valence electrons. The van der Waals surface area contributed by atoms with Crippen molar-refractivity contribution in [1.29, 1.82) is 0 Å². The zero-order valence-corrected chi connectivity index (χ0v) is 11.3. The van der Waals surface area contributed by atoms with Gasteiger partial charge >= 0.3 is 6.18 Å². The van der Waals surface area contributed by atoms with E-state index in [0.717, 1.165) is 29.9 Å². The maximum absolute atomic E-state index is 12.7. The Balaban J connectivity index is 2.17. The van der Waals surface area contributed by atoms with Gasteiger partial charge in [0.1, 0.15) is 0 Å². The van der Waals surface area contributed by atoms with Gasteiger partial charge < -0.3 is 5.32 Å². The number of halogens is 3. The number of aromatic nitrogens is 2. The molecule has 0 atom stereocenters. The molecule has 0 radical (unpaired) electrons. The first-order valence-electron chi connectivity index (χ1n) is 6.34. The molecule has 1 aromatic carbocycles. The third-order valence-corrected chi connectivity index (χ3v) is 3.13. The number of benzene rings is 1. The zero-order valence-electron chi connectivity index (χ0n) is 11.3. The van der Waals surface area contributed by atoms with E-state index in [4.69, 9.17) is 0 Å². The van der Waals surface area contributed by atoms with E-state index >= 15 is 0 Å². The Morgan fingerprint density at radius 2 is 2.00 bits per heavy atom. The molecular weight excluding hydrogens is 267 g/mol. The topological polar surface area (TPSA) is 29.9 Å². The molecule has 0 unspecified atom stereocenters.